The number of benzene rings is 3. The van der Waals surface area contributed by atoms with Gasteiger partial charge in [-0.05, 0) is 105 Å². The maximum absolute atomic E-state index is 13.3. The van der Waals surface area contributed by atoms with Crippen molar-refractivity contribution in [3.8, 4) is 40.5 Å². The molecule has 1 fully saturated rings. The standard InChI is InChI=1S/C44H52N2O15P2/c1-2-3-4-9-20-58-63(55,56)59-21-10-7-5-6-8-11-29-22-34(23-29)61-62(54)57-28-31(27-47)46-41(50)18-19-45-43(51)30-12-15-35(44(52)53)38(24-30)42-36-16-13-32(48)25-39(36)60-40-26-33(49)14-17-37(40)42/h1,5-6,12-17,24-26,29,31,34,47-48,62H,3-4,7-11,18-23,27-28H2,(H,45,51)(H,46,50)(H,52,53)(H,55,56)/b6-5+. The molecule has 63 heavy (non-hydrogen) atoms. The highest BCUT2D eigenvalue weighted by Gasteiger charge is 2.31. The van der Waals surface area contributed by atoms with Gasteiger partial charge in [0.05, 0.1) is 44.1 Å². The van der Waals surface area contributed by atoms with Crippen molar-refractivity contribution >= 4 is 44.8 Å². The Morgan fingerprint density at radius 3 is 2.51 bits per heavy atom. The molecule has 2 aromatic carbocycles. The largest absolute Gasteiger partial charge is 0.508 e. The highest BCUT2D eigenvalue weighted by atomic mass is 31.2. The summed E-state index contributed by atoms with van der Waals surface area (Å²) in [6.45, 7) is -0.677. The van der Waals surface area contributed by atoms with Crippen LogP contribution in [0.4, 0.5) is 0 Å². The molecule has 0 radical (unpaired) electrons. The van der Waals surface area contributed by atoms with Crippen LogP contribution in [0.25, 0.3) is 33.4 Å². The Kier molecular flexibility index (Phi) is 18.7. The van der Waals surface area contributed by atoms with Crippen molar-refractivity contribution in [2.75, 3.05) is 33.0 Å². The average Bonchev–Trinajstić information content (AvgIpc) is 3.23. The molecule has 338 valence electrons. The number of aliphatic hydroxyl groups is 1. The van der Waals surface area contributed by atoms with E-state index in [1.807, 2.05) is 12.2 Å². The minimum Gasteiger partial charge on any atom is -0.508 e. The predicted octanol–water partition coefficient (Wildman–Crippen LogP) is 6.82. The Balaban J connectivity index is 0.996. The molecule has 0 aromatic heterocycles. The molecule has 2 aliphatic carbocycles. The first-order valence-corrected chi connectivity index (χ1v) is 23.3. The molecule has 3 unspecified atom stereocenters. The number of carbonyl (C=O) groups excluding carboxylic acids is 2. The maximum Gasteiger partial charge on any atom is 0.472 e. The molecular formula is C44H52N2O15P2. The van der Waals surface area contributed by atoms with Crippen molar-refractivity contribution < 1.29 is 66.2 Å². The molecule has 0 saturated heterocycles. The number of phosphoric acid groups is 1. The van der Waals surface area contributed by atoms with E-state index < -0.39 is 46.5 Å². The fourth-order valence-corrected chi connectivity index (χ4v) is 8.56. The molecule has 2 aromatic rings. The van der Waals surface area contributed by atoms with E-state index in [1.54, 1.807) is 6.07 Å². The molecule has 3 aliphatic rings. The first kappa shape index (κ1) is 48.9. The van der Waals surface area contributed by atoms with E-state index >= 15 is 0 Å². The van der Waals surface area contributed by atoms with E-state index in [9.17, 15) is 48.5 Å². The number of amides is 2. The third kappa shape index (κ3) is 15.0. The lowest BCUT2D eigenvalue weighted by Gasteiger charge is -2.34. The molecule has 0 bridgehead atoms. The van der Waals surface area contributed by atoms with Crippen LogP contribution in [0, 0.1) is 18.3 Å². The summed E-state index contributed by atoms with van der Waals surface area (Å²) in [7, 11) is -6.96. The zero-order valence-corrected chi connectivity index (χ0v) is 36.4. The van der Waals surface area contributed by atoms with Crippen molar-refractivity contribution in [1.82, 2.24) is 10.6 Å². The maximum atomic E-state index is 13.3. The van der Waals surface area contributed by atoms with Gasteiger partial charge in [0.15, 0.2) is 5.43 Å². The van der Waals surface area contributed by atoms with Crippen molar-refractivity contribution in [1.29, 1.82) is 0 Å². The van der Waals surface area contributed by atoms with Gasteiger partial charge in [-0.2, -0.15) is 0 Å². The van der Waals surface area contributed by atoms with Crippen molar-refractivity contribution in [2.24, 2.45) is 5.92 Å². The van der Waals surface area contributed by atoms with Crippen LogP contribution in [-0.4, -0.2) is 83.1 Å². The van der Waals surface area contributed by atoms with Gasteiger partial charge < -0.3 is 44.3 Å². The molecule has 2 amide bonds. The number of nitrogens with one attached hydrogen (secondary N) is 2. The summed E-state index contributed by atoms with van der Waals surface area (Å²) in [4.78, 5) is 60.2. The number of allylic oxidation sites excluding steroid dienone is 2. The minimum atomic E-state index is -4.06. The Morgan fingerprint density at radius 1 is 1.00 bits per heavy atom. The van der Waals surface area contributed by atoms with Crippen LogP contribution in [0.15, 0.2) is 76.0 Å². The zero-order valence-electron chi connectivity index (χ0n) is 34.5. The number of rotatable bonds is 26. The van der Waals surface area contributed by atoms with Gasteiger partial charge in [0.1, 0.15) is 17.1 Å². The Hall–Kier alpha value is -5.14. The van der Waals surface area contributed by atoms with E-state index in [2.05, 4.69) is 16.6 Å². The second kappa shape index (κ2) is 24.1. The fraction of sp³-hybridized carbons (Fsp3) is 0.409. The fourth-order valence-electron chi connectivity index (χ4n) is 6.90. The van der Waals surface area contributed by atoms with Gasteiger partial charge in [-0.15, -0.1) is 12.3 Å². The number of carboxylic acids is 1. The summed E-state index contributed by atoms with van der Waals surface area (Å²) < 4.78 is 50.9. The molecule has 17 nitrogen and oxygen atoms in total. The highest BCUT2D eigenvalue weighted by molar-refractivity contribution is 7.47. The predicted molar refractivity (Wildman–Crippen MR) is 234 cm³/mol. The van der Waals surface area contributed by atoms with E-state index in [0.717, 1.165) is 25.7 Å². The third-order valence-corrected chi connectivity index (χ3v) is 12.1. The summed E-state index contributed by atoms with van der Waals surface area (Å²) in [5.41, 5.74) is 0.720. The van der Waals surface area contributed by atoms with Gasteiger partial charge in [-0.1, -0.05) is 12.2 Å². The number of fused-ring (bicyclic) bond motifs is 2. The molecule has 6 N–H and O–H groups in total. The third-order valence-electron chi connectivity index (χ3n) is 10.2. The number of hydrogen-bond donors (Lipinski definition) is 6. The van der Waals surface area contributed by atoms with Gasteiger partial charge in [0.2, 0.25) is 5.91 Å². The zero-order chi connectivity index (χ0) is 45.4. The van der Waals surface area contributed by atoms with Crippen molar-refractivity contribution in [3.05, 3.63) is 88.1 Å². The summed E-state index contributed by atoms with van der Waals surface area (Å²) in [6.07, 6.45) is 15.1. The number of phosphoric ester groups is 1. The summed E-state index contributed by atoms with van der Waals surface area (Å²) >= 11 is 0. The second-order valence-corrected chi connectivity index (χ2v) is 17.4. The van der Waals surface area contributed by atoms with Crippen LogP contribution in [-0.2, 0) is 32.0 Å². The summed E-state index contributed by atoms with van der Waals surface area (Å²) in [5, 5.41) is 35.6. The molecular weight excluding hydrogens is 858 g/mol. The molecule has 5 rings (SSSR count). The topological polar surface area (TPSA) is 257 Å². The van der Waals surface area contributed by atoms with Crippen LogP contribution in [0.2, 0.25) is 0 Å². The number of terminal acetylenes is 1. The van der Waals surface area contributed by atoms with Crippen LogP contribution < -0.4 is 16.1 Å². The normalized spacial score (nSPS) is 16.8. The summed E-state index contributed by atoms with van der Waals surface area (Å²) in [6, 6.07) is 11.4. The van der Waals surface area contributed by atoms with Crippen LogP contribution >= 0.6 is 16.1 Å². The summed E-state index contributed by atoms with van der Waals surface area (Å²) in [5.74, 6) is 0.536. The number of phenols is 1. The van der Waals surface area contributed by atoms with E-state index in [1.165, 1.54) is 48.5 Å². The number of hydrogen-bond acceptors (Lipinski definition) is 13. The Morgan fingerprint density at radius 2 is 1.76 bits per heavy atom. The quantitative estimate of drug-likeness (QED) is 0.0124. The van der Waals surface area contributed by atoms with Gasteiger partial charge in [0, 0.05) is 53.6 Å². The van der Waals surface area contributed by atoms with Gasteiger partial charge >= 0.3 is 22.0 Å². The highest BCUT2D eigenvalue weighted by Crippen LogP contribution is 2.44. The van der Waals surface area contributed by atoms with E-state index in [0.29, 0.717) is 54.5 Å². The number of aliphatic hydroxyl groups excluding tert-OH is 1. The lowest BCUT2D eigenvalue weighted by atomic mass is 9.79. The number of aromatic hydroxyl groups is 1. The van der Waals surface area contributed by atoms with Crippen LogP contribution in [0.5, 0.6) is 5.75 Å². The van der Waals surface area contributed by atoms with Gasteiger partial charge in [0.25, 0.3) is 5.91 Å². The average molecular weight is 911 g/mol. The first-order chi connectivity index (χ1) is 30.3. The van der Waals surface area contributed by atoms with Crippen molar-refractivity contribution in [2.45, 2.75) is 76.4 Å². The lowest BCUT2D eigenvalue weighted by Crippen LogP contribution is -2.41. The van der Waals surface area contributed by atoms with Crippen LogP contribution in [0.1, 0.15) is 84.9 Å². The molecule has 19 heteroatoms. The van der Waals surface area contributed by atoms with E-state index in [-0.39, 0.29) is 78.1 Å². The molecule has 1 heterocycles. The molecule has 1 aliphatic heterocycles. The Labute approximate surface area is 364 Å². The number of phenolic OH excluding ortho intramolecular Hbond substituents is 1. The number of aromatic carboxylic acids is 1. The number of unbranched alkanes of at least 4 members (excludes halogenated alkanes) is 3. The molecule has 0 spiro atoms. The van der Waals surface area contributed by atoms with Gasteiger partial charge in [-0.25, -0.2) is 9.36 Å². The lowest BCUT2D eigenvalue weighted by molar-refractivity contribution is -0.122. The van der Waals surface area contributed by atoms with Crippen LogP contribution in [0.3, 0.4) is 0 Å². The first-order valence-electron chi connectivity index (χ1n) is 20.6. The molecule has 1 saturated carbocycles. The monoisotopic (exact) mass is 910 g/mol. The van der Waals surface area contributed by atoms with Gasteiger partial charge in [-0.3, -0.25) is 28.0 Å². The smallest absolute Gasteiger partial charge is 0.472 e. The number of carboxylic acid groups (broad SMARTS) is 1. The minimum absolute atomic E-state index is 0.0847. The Bertz CT molecular complexity index is 2390. The number of carbonyl (C=O) groups is 3. The SMILES string of the molecule is C#CCCCCOP(=O)(O)OCCC/C=C/CCC1CC(O[PH](=O)OCC(CO)NC(=O)CCNC(=O)c2ccc(C(=O)O)c(-c3c4ccc(=O)cc-4oc4cc(O)ccc34)c2)C1. The van der Waals surface area contributed by atoms with Crippen molar-refractivity contribution in [3.63, 3.8) is 0 Å². The second-order valence-electron chi connectivity index (χ2n) is 15.0. The molecule has 3 atom stereocenters. The van der Waals surface area contributed by atoms with E-state index in [4.69, 9.17) is 28.9 Å².